The number of aromatic nitrogens is 6. The minimum atomic E-state index is -0.432. The maximum Gasteiger partial charge on any atom is 0.294 e. The number of anilines is 4. The summed E-state index contributed by atoms with van der Waals surface area (Å²) in [5.74, 6) is 0.751. The highest BCUT2D eigenvalue weighted by atomic mass is 35.5. The Morgan fingerprint density at radius 1 is 1.03 bits per heavy atom. The largest absolute Gasteiger partial charge is 0.478 e. The average Bonchev–Trinajstić information content (AvgIpc) is 3.57. The fraction of sp³-hybridized carbons (Fsp3) is 0.476. The van der Waals surface area contributed by atoms with E-state index in [1.807, 2.05) is 43.8 Å². The second-order valence-corrected chi connectivity index (χ2v) is 16.7. The first-order chi connectivity index (χ1) is 28.9. The number of piperidine rings is 2. The third-order valence-electron chi connectivity index (χ3n) is 12.0. The number of carbonyl (C=O) groups excluding carboxylic acids is 3. The van der Waals surface area contributed by atoms with Crippen LogP contribution >= 0.6 is 11.6 Å². The number of imide groups is 1. The van der Waals surface area contributed by atoms with Gasteiger partial charge in [-0.1, -0.05) is 30.7 Å². The molecule has 60 heavy (non-hydrogen) atoms. The Kier molecular flexibility index (Phi) is 11.6. The van der Waals surface area contributed by atoms with Crippen molar-refractivity contribution >= 4 is 74.4 Å². The smallest absolute Gasteiger partial charge is 0.294 e. The van der Waals surface area contributed by atoms with Crippen LogP contribution in [0.15, 0.2) is 47.5 Å². The molecule has 8 rings (SSSR count). The number of benzene rings is 1. The molecule has 0 saturated carbocycles. The van der Waals surface area contributed by atoms with E-state index >= 15 is 0 Å². The lowest BCUT2D eigenvalue weighted by molar-refractivity contribution is -0.134. The number of piperazine rings is 1. The van der Waals surface area contributed by atoms with Gasteiger partial charge in [0.1, 0.15) is 10.7 Å². The molecule has 3 aliphatic rings. The highest BCUT2D eigenvalue weighted by Gasteiger charge is 2.34. The Labute approximate surface area is 352 Å². The lowest BCUT2D eigenvalue weighted by atomic mass is 9.86. The lowest BCUT2D eigenvalue weighted by Crippen LogP contribution is -2.50. The van der Waals surface area contributed by atoms with E-state index in [-0.39, 0.29) is 41.7 Å². The molecule has 18 heteroatoms. The van der Waals surface area contributed by atoms with Crippen LogP contribution in [0.2, 0.25) is 5.02 Å². The lowest BCUT2D eigenvalue weighted by Gasteiger charge is -2.42. The molecule has 316 valence electrons. The molecule has 3 aliphatic heterocycles. The minimum absolute atomic E-state index is 0.0583. The predicted octanol–water partition coefficient (Wildman–Crippen LogP) is 3.98. The van der Waals surface area contributed by atoms with Crippen LogP contribution in [0.4, 0.5) is 23.1 Å². The van der Waals surface area contributed by atoms with Gasteiger partial charge in [-0.15, -0.1) is 0 Å². The van der Waals surface area contributed by atoms with Gasteiger partial charge in [0.05, 0.1) is 40.9 Å². The molecule has 17 nitrogen and oxygen atoms in total. The Morgan fingerprint density at radius 3 is 2.57 bits per heavy atom. The van der Waals surface area contributed by atoms with Crippen molar-refractivity contribution in [3.05, 3.63) is 63.8 Å². The molecule has 4 aromatic heterocycles. The van der Waals surface area contributed by atoms with Gasteiger partial charge < -0.3 is 25.2 Å². The summed E-state index contributed by atoms with van der Waals surface area (Å²) in [5, 5.41) is 15.0. The summed E-state index contributed by atoms with van der Waals surface area (Å²) in [7, 11) is 3.44. The zero-order valence-corrected chi connectivity index (χ0v) is 35.3. The van der Waals surface area contributed by atoms with Crippen LogP contribution in [0.1, 0.15) is 57.7 Å². The number of ether oxygens (including phenoxy) is 1. The number of halogens is 1. The molecule has 1 unspecified atom stereocenters. The van der Waals surface area contributed by atoms with Gasteiger partial charge in [-0.2, -0.15) is 10.1 Å². The number of nitrogens with one attached hydrogen (secondary N) is 3. The van der Waals surface area contributed by atoms with Gasteiger partial charge >= 0.3 is 0 Å². The van der Waals surface area contributed by atoms with Crippen molar-refractivity contribution in [2.75, 3.05) is 74.6 Å². The van der Waals surface area contributed by atoms with Crippen molar-refractivity contribution in [3.63, 3.8) is 0 Å². The van der Waals surface area contributed by atoms with E-state index in [4.69, 9.17) is 26.4 Å². The van der Waals surface area contributed by atoms with Gasteiger partial charge in [0, 0.05) is 83.1 Å². The molecule has 3 atom stereocenters. The van der Waals surface area contributed by atoms with Gasteiger partial charge in [0.15, 0.2) is 18.2 Å². The van der Waals surface area contributed by atoms with Crippen molar-refractivity contribution in [2.45, 2.75) is 52.0 Å². The van der Waals surface area contributed by atoms with E-state index in [9.17, 15) is 19.2 Å². The number of aryl methyl sites for hydroxylation is 1. The summed E-state index contributed by atoms with van der Waals surface area (Å²) in [6, 6.07) is 9.45. The summed E-state index contributed by atoms with van der Waals surface area (Å²) in [5.41, 5.74) is 3.61. The summed E-state index contributed by atoms with van der Waals surface area (Å²) in [6.45, 7) is 12.1. The zero-order valence-electron chi connectivity index (χ0n) is 34.6. The van der Waals surface area contributed by atoms with E-state index in [0.717, 1.165) is 74.5 Å². The number of pyridine rings is 2. The predicted molar refractivity (Wildman–Crippen MR) is 230 cm³/mol. The Balaban J connectivity index is 0.895. The van der Waals surface area contributed by atoms with Crippen LogP contribution in [-0.2, 0) is 21.4 Å². The molecule has 3 N–H and O–H groups in total. The first-order valence-electron chi connectivity index (χ1n) is 20.6. The van der Waals surface area contributed by atoms with Crippen LogP contribution in [0.5, 0.6) is 5.75 Å². The summed E-state index contributed by atoms with van der Waals surface area (Å²) in [4.78, 5) is 70.9. The van der Waals surface area contributed by atoms with E-state index in [1.165, 1.54) is 7.05 Å². The number of amides is 3. The zero-order chi connectivity index (χ0) is 42.2. The highest BCUT2D eigenvalue weighted by molar-refractivity contribution is 6.33. The molecule has 3 amide bonds. The highest BCUT2D eigenvalue weighted by Crippen LogP contribution is 2.36. The number of rotatable bonds is 11. The molecule has 0 bridgehead atoms. The van der Waals surface area contributed by atoms with Crippen LogP contribution in [0.25, 0.3) is 21.9 Å². The molecule has 1 aromatic carbocycles. The first-order valence-corrected chi connectivity index (χ1v) is 21.0. The SMILES string of the molecule is CNC(=O)COc1cc2cc(Nc3nc(N4CC[C@H](CN5CCN(c6cccc7c(C8CCC(=O)NC8=O)nn(C)c67)CC5)[C@@H](C)C4)ncc3Cl)cnc2n(C(C)C)c1=O. The normalized spacial score (nSPS) is 20.2. The summed E-state index contributed by atoms with van der Waals surface area (Å²) in [6.07, 6.45) is 5.04. The number of para-hydroxylation sites is 1. The van der Waals surface area contributed by atoms with Crippen molar-refractivity contribution in [3.8, 4) is 5.75 Å². The van der Waals surface area contributed by atoms with Crippen molar-refractivity contribution in [1.29, 1.82) is 0 Å². The van der Waals surface area contributed by atoms with Crippen molar-refractivity contribution in [2.24, 2.45) is 18.9 Å². The third-order valence-corrected chi connectivity index (χ3v) is 12.3. The number of hydrogen-bond donors (Lipinski definition) is 3. The van der Waals surface area contributed by atoms with Gasteiger partial charge in [-0.05, 0) is 56.7 Å². The van der Waals surface area contributed by atoms with Crippen LogP contribution in [0, 0.1) is 11.8 Å². The van der Waals surface area contributed by atoms with Crippen molar-refractivity contribution in [1.82, 2.24) is 44.8 Å². The number of likely N-dealkylation sites (N-methyl/N-ethyl adjacent to an activating group) is 1. The summed E-state index contributed by atoms with van der Waals surface area (Å²) >= 11 is 6.62. The Morgan fingerprint density at radius 2 is 1.83 bits per heavy atom. The van der Waals surface area contributed by atoms with Gasteiger partial charge in [0.25, 0.3) is 11.5 Å². The minimum Gasteiger partial charge on any atom is -0.478 e. The second kappa shape index (κ2) is 17.0. The molecule has 0 spiro atoms. The molecular formula is C42H51ClN12O5. The molecule has 7 heterocycles. The molecule has 5 aromatic rings. The second-order valence-electron chi connectivity index (χ2n) is 16.3. The molecular weight excluding hydrogens is 788 g/mol. The third kappa shape index (κ3) is 8.19. The summed E-state index contributed by atoms with van der Waals surface area (Å²) < 4.78 is 9.03. The van der Waals surface area contributed by atoms with Gasteiger partial charge in [-0.3, -0.25) is 38.6 Å². The fourth-order valence-electron chi connectivity index (χ4n) is 8.76. The average molecular weight is 839 g/mol. The maximum atomic E-state index is 13.2. The first kappa shape index (κ1) is 40.9. The molecule has 3 fully saturated rings. The van der Waals surface area contributed by atoms with Gasteiger partial charge in [-0.25, -0.2) is 9.97 Å². The maximum absolute atomic E-state index is 13.2. The fourth-order valence-corrected chi connectivity index (χ4v) is 8.90. The Bertz CT molecular complexity index is 2510. The van der Waals surface area contributed by atoms with Crippen LogP contribution in [-0.4, -0.2) is 111 Å². The number of carbonyl (C=O) groups is 3. The van der Waals surface area contributed by atoms with E-state index in [0.29, 0.717) is 58.2 Å². The topological polar surface area (TPSA) is 185 Å². The number of fused-ring (bicyclic) bond motifs is 2. The van der Waals surface area contributed by atoms with Crippen LogP contribution in [0.3, 0.4) is 0 Å². The molecule has 3 saturated heterocycles. The standard InChI is InChI=1S/C42H51ClN12O5/c1-24(2)55-39-27(18-33(41(55)59)60-23-35(57)44-4)17-28(19-45-39)47-38-31(43)20-46-42(49-38)54-12-11-26(25(3)21-54)22-52-13-15-53(16-14-52)32-8-6-7-29-36(50-51(5)37(29)32)30-9-10-34(56)48-40(30)58/h6-8,17-20,24-26,30H,9-16,21-23H2,1-5H3,(H,44,57)(H,46,47,49)(H,48,56,58)/t25-,26+,30?/m0/s1. The van der Waals surface area contributed by atoms with Gasteiger partial charge in [0.2, 0.25) is 17.8 Å². The Hall–Kier alpha value is -5.81. The van der Waals surface area contributed by atoms with Crippen LogP contribution < -0.4 is 36.0 Å². The van der Waals surface area contributed by atoms with E-state index < -0.39 is 5.92 Å². The van der Waals surface area contributed by atoms with E-state index in [1.54, 1.807) is 23.0 Å². The molecule has 0 radical (unpaired) electrons. The number of nitrogens with zero attached hydrogens (tertiary/aromatic N) is 9. The van der Waals surface area contributed by atoms with E-state index in [2.05, 4.69) is 53.6 Å². The molecule has 0 aliphatic carbocycles. The number of hydrogen-bond acceptors (Lipinski definition) is 13. The van der Waals surface area contributed by atoms with Crippen molar-refractivity contribution < 1.29 is 19.1 Å². The monoisotopic (exact) mass is 838 g/mol. The quantitative estimate of drug-likeness (QED) is 0.163.